The summed E-state index contributed by atoms with van der Waals surface area (Å²) in [6.07, 6.45) is 9.13. The molecule has 14 heavy (non-hydrogen) atoms. The van der Waals surface area contributed by atoms with Crippen molar-refractivity contribution >= 4 is 5.97 Å². The van der Waals surface area contributed by atoms with Gasteiger partial charge in [0.15, 0.2) is 0 Å². The molecule has 1 N–H and O–H groups in total. The van der Waals surface area contributed by atoms with Gasteiger partial charge in [-0.15, -0.1) is 0 Å². The summed E-state index contributed by atoms with van der Waals surface area (Å²) in [5.74, 6) is -1.08. The van der Waals surface area contributed by atoms with Crippen molar-refractivity contribution in [2.24, 2.45) is 0 Å². The van der Waals surface area contributed by atoms with E-state index < -0.39 is 5.97 Å². The molecule has 80 valence electrons. The maximum absolute atomic E-state index is 8.89. The van der Waals surface area contributed by atoms with E-state index in [2.05, 4.69) is 32.2 Å². The summed E-state index contributed by atoms with van der Waals surface area (Å²) in [7, 11) is 0. The van der Waals surface area contributed by atoms with Crippen LogP contribution in [0.4, 0.5) is 0 Å². The van der Waals surface area contributed by atoms with Gasteiger partial charge in [0.2, 0.25) is 0 Å². The van der Waals surface area contributed by atoms with Crippen molar-refractivity contribution < 1.29 is 14.8 Å². The molecule has 0 aromatic carbocycles. The van der Waals surface area contributed by atoms with Crippen molar-refractivity contribution in [2.75, 3.05) is 6.54 Å². The molecule has 0 spiro atoms. The van der Waals surface area contributed by atoms with E-state index in [-0.39, 0.29) is 0 Å². The summed E-state index contributed by atoms with van der Waals surface area (Å²) in [6.45, 7) is 6.60. The van der Waals surface area contributed by atoms with Crippen LogP contribution in [0.5, 0.6) is 0 Å². The number of carbonyl (C=O) groups is 1. The van der Waals surface area contributed by atoms with Crippen LogP contribution in [0, 0.1) is 0 Å². The topological polar surface area (TPSA) is 44.6 Å². The Morgan fingerprint density at radius 2 is 2.07 bits per heavy atom. The fourth-order valence-electron chi connectivity index (χ4n) is 1.35. The molecular formula is C11H19NO2. The van der Waals surface area contributed by atoms with Gasteiger partial charge in [-0.25, -0.2) is 0 Å². The van der Waals surface area contributed by atoms with E-state index in [4.69, 9.17) is 9.90 Å². The number of nitrogens with one attached hydrogen (secondary N) is 1. The average molecular weight is 197 g/mol. The van der Waals surface area contributed by atoms with E-state index in [0.29, 0.717) is 0 Å². The van der Waals surface area contributed by atoms with E-state index >= 15 is 0 Å². The zero-order valence-corrected chi connectivity index (χ0v) is 9.17. The number of hydrogen-bond donors (Lipinski definition) is 1. The second kappa shape index (κ2) is 7.33. The Kier molecular flexibility index (Phi) is 6.76. The Bertz CT molecular complexity index is 227. The van der Waals surface area contributed by atoms with Gasteiger partial charge in [0.05, 0.1) is 12.7 Å². The van der Waals surface area contributed by atoms with Gasteiger partial charge in [0.1, 0.15) is 5.70 Å². The Balaban J connectivity index is 0.000000364. The lowest BCUT2D eigenvalue weighted by molar-refractivity contribution is -0.801. The average Bonchev–Trinajstić information content (AvgIpc) is 2.51. The molecule has 0 aromatic heterocycles. The van der Waals surface area contributed by atoms with E-state index in [1.807, 2.05) is 0 Å². The van der Waals surface area contributed by atoms with Crippen LogP contribution >= 0.6 is 0 Å². The fraction of sp³-hybridized carbons (Fsp3) is 0.545. The van der Waals surface area contributed by atoms with Crippen molar-refractivity contribution in [2.45, 2.75) is 33.6 Å². The van der Waals surface area contributed by atoms with Crippen LogP contribution in [-0.4, -0.2) is 12.5 Å². The lowest BCUT2D eigenvalue weighted by atomic mass is 10.2. The number of hydrogen-bond acceptors (Lipinski definition) is 2. The summed E-state index contributed by atoms with van der Waals surface area (Å²) in [6, 6.07) is 0. The van der Waals surface area contributed by atoms with Crippen LogP contribution < -0.4 is 10.0 Å². The molecule has 0 amide bonds. The largest absolute Gasteiger partial charge is 0.550 e. The summed E-state index contributed by atoms with van der Waals surface area (Å²) < 4.78 is 0. The van der Waals surface area contributed by atoms with Gasteiger partial charge < -0.3 is 9.90 Å². The van der Waals surface area contributed by atoms with Crippen LogP contribution in [0.15, 0.2) is 24.0 Å². The van der Waals surface area contributed by atoms with E-state index in [1.54, 1.807) is 5.70 Å². The monoisotopic (exact) mass is 197 g/mol. The second-order valence-corrected chi connectivity index (χ2v) is 3.17. The van der Waals surface area contributed by atoms with Crippen LogP contribution in [0.2, 0.25) is 0 Å². The highest BCUT2D eigenvalue weighted by atomic mass is 16.4. The van der Waals surface area contributed by atoms with E-state index in [0.717, 1.165) is 6.92 Å². The maximum atomic E-state index is 8.89. The van der Waals surface area contributed by atoms with E-state index in [9.17, 15) is 0 Å². The number of allylic oxidation sites excluding steroid dienone is 3. The van der Waals surface area contributed by atoms with Crippen LogP contribution in [0.3, 0.4) is 0 Å². The number of quaternary nitrogens is 1. The molecule has 1 rings (SSSR count). The summed E-state index contributed by atoms with van der Waals surface area (Å²) in [5.41, 5.74) is 1.55. The Morgan fingerprint density at radius 3 is 2.50 bits per heavy atom. The predicted molar refractivity (Wildman–Crippen MR) is 54.3 cm³/mol. The normalized spacial score (nSPS) is 18.5. The van der Waals surface area contributed by atoms with Crippen molar-refractivity contribution in [3.8, 4) is 0 Å². The molecule has 0 bridgehead atoms. The molecule has 1 heterocycles. The first-order valence-electron chi connectivity index (χ1n) is 5.02. The Morgan fingerprint density at radius 1 is 1.50 bits per heavy atom. The van der Waals surface area contributed by atoms with Gasteiger partial charge in [0.25, 0.3) is 0 Å². The molecule has 0 saturated heterocycles. The number of aliphatic carboxylic acids is 1. The van der Waals surface area contributed by atoms with Gasteiger partial charge >= 0.3 is 0 Å². The molecule has 0 saturated carbocycles. The molecule has 3 heteroatoms. The number of rotatable bonds is 3. The summed E-state index contributed by atoms with van der Waals surface area (Å²) in [5, 5.41) is 8.89. The number of carboxylic acid groups (broad SMARTS) is 1. The molecule has 1 aliphatic rings. The molecular weight excluding hydrogens is 178 g/mol. The van der Waals surface area contributed by atoms with E-state index in [1.165, 1.54) is 24.3 Å². The SMILES string of the molecule is CC(=O)[O-].CCCC1=CC=C[NH+]1CC. The van der Waals surface area contributed by atoms with Crippen LogP contribution in [-0.2, 0) is 4.79 Å². The maximum Gasteiger partial charge on any atom is 0.112 e. The van der Waals surface area contributed by atoms with Gasteiger partial charge in [-0.1, -0.05) is 6.92 Å². The summed E-state index contributed by atoms with van der Waals surface area (Å²) >= 11 is 0. The summed E-state index contributed by atoms with van der Waals surface area (Å²) in [4.78, 5) is 10.4. The molecule has 1 aliphatic heterocycles. The van der Waals surface area contributed by atoms with Gasteiger partial charge in [-0.3, -0.25) is 4.90 Å². The molecule has 3 nitrogen and oxygen atoms in total. The smallest absolute Gasteiger partial charge is 0.112 e. The first-order valence-corrected chi connectivity index (χ1v) is 5.02. The second-order valence-electron chi connectivity index (χ2n) is 3.17. The van der Waals surface area contributed by atoms with Crippen molar-refractivity contribution in [3.05, 3.63) is 24.0 Å². The molecule has 0 aromatic rings. The highest BCUT2D eigenvalue weighted by Gasteiger charge is 2.12. The van der Waals surface area contributed by atoms with Crippen molar-refractivity contribution in [3.63, 3.8) is 0 Å². The minimum absolute atomic E-state index is 0.972. The van der Waals surface area contributed by atoms with Gasteiger partial charge in [-0.05, 0) is 26.3 Å². The Labute approximate surface area is 85.7 Å². The third kappa shape index (κ3) is 5.54. The van der Waals surface area contributed by atoms with Crippen molar-refractivity contribution in [1.29, 1.82) is 0 Å². The van der Waals surface area contributed by atoms with Crippen LogP contribution in [0.25, 0.3) is 0 Å². The number of carboxylic acids is 1. The number of carbonyl (C=O) groups excluding carboxylic acids is 1. The zero-order chi connectivity index (χ0) is 11.0. The highest BCUT2D eigenvalue weighted by Crippen LogP contribution is 2.00. The molecule has 1 atom stereocenters. The quantitative estimate of drug-likeness (QED) is 0.684. The minimum Gasteiger partial charge on any atom is -0.550 e. The molecule has 1 unspecified atom stereocenters. The lowest BCUT2D eigenvalue weighted by Gasteiger charge is -2.10. The lowest BCUT2D eigenvalue weighted by Crippen LogP contribution is -3.04. The minimum atomic E-state index is -1.08. The first kappa shape index (κ1) is 12.9. The molecule has 0 aliphatic carbocycles. The standard InChI is InChI=1S/C9H15N.C2H4O2/c1-3-6-9-7-5-8-10(9)4-2;1-2(3)4/h5,7-8H,3-4,6H2,1-2H3;1H3,(H,3,4). The highest BCUT2D eigenvalue weighted by molar-refractivity contribution is 5.60. The predicted octanol–water partition coefficient (Wildman–Crippen LogP) is -0.141. The molecule has 0 fully saturated rings. The van der Waals surface area contributed by atoms with Gasteiger partial charge in [-0.2, -0.15) is 0 Å². The first-order chi connectivity index (χ1) is 6.61. The van der Waals surface area contributed by atoms with Crippen LogP contribution in [0.1, 0.15) is 33.6 Å². The Hall–Kier alpha value is -1.09. The van der Waals surface area contributed by atoms with Crippen molar-refractivity contribution in [1.82, 2.24) is 0 Å². The third-order valence-corrected chi connectivity index (χ3v) is 1.91. The van der Waals surface area contributed by atoms with Gasteiger partial charge in [0, 0.05) is 18.5 Å². The third-order valence-electron chi connectivity index (χ3n) is 1.91. The molecule has 0 radical (unpaired) electrons. The zero-order valence-electron chi connectivity index (χ0n) is 9.17. The fourth-order valence-corrected chi connectivity index (χ4v) is 1.35.